The first-order chi connectivity index (χ1) is 14.1. The van der Waals surface area contributed by atoms with Gasteiger partial charge in [0, 0.05) is 28.9 Å². The van der Waals surface area contributed by atoms with Crippen LogP contribution in [-0.2, 0) is 24.1 Å². The third-order valence-electron chi connectivity index (χ3n) is 5.58. The van der Waals surface area contributed by atoms with E-state index in [1.54, 1.807) is 11.3 Å². The summed E-state index contributed by atoms with van der Waals surface area (Å²) in [5, 5.41) is 6.38. The number of aryl methyl sites for hydroxylation is 3. The Bertz CT molecular complexity index is 1020. The lowest BCUT2D eigenvalue weighted by atomic mass is 10.0. The zero-order valence-corrected chi connectivity index (χ0v) is 18.1. The SMILES string of the molecule is CCc1cccc(CC)c1NC(=O)CN1CCc2cc(-c3csc(C)n3)ccc21. The maximum absolute atomic E-state index is 12.8. The molecule has 1 N–H and O–H groups in total. The van der Waals surface area contributed by atoms with Crippen LogP contribution in [0.3, 0.4) is 0 Å². The van der Waals surface area contributed by atoms with Crippen molar-refractivity contribution in [1.82, 2.24) is 4.98 Å². The van der Waals surface area contributed by atoms with E-state index in [1.165, 1.54) is 16.7 Å². The predicted octanol–water partition coefficient (Wildman–Crippen LogP) is 5.24. The van der Waals surface area contributed by atoms with Gasteiger partial charge in [0.05, 0.1) is 17.2 Å². The average molecular weight is 406 g/mol. The molecule has 0 bridgehead atoms. The fourth-order valence-electron chi connectivity index (χ4n) is 4.05. The highest BCUT2D eigenvalue weighted by atomic mass is 32.1. The van der Waals surface area contributed by atoms with E-state index in [9.17, 15) is 4.79 Å². The lowest BCUT2D eigenvalue weighted by Crippen LogP contribution is -2.32. The molecular formula is C24H27N3OS. The molecule has 1 amide bonds. The summed E-state index contributed by atoms with van der Waals surface area (Å²) in [5.41, 5.74) is 8.04. The Kier molecular flexibility index (Phi) is 5.67. The molecule has 1 aliphatic heterocycles. The van der Waals surface area contributed by atoms with Gasteiger partial charge >= 0.3 is 0 Å². The molecule has 2 heterocycles. The Labute approximate surface area is 176 Å². The molecule has 1 aromatic heterocycles. The quantitative estimate of drug-likeness (QED) is 0.610. The van der Waals surface area contributed by atoms with Crippen LogP contribution in [0.25, 0.3) is 11.3 Å². The summed E-state index contributed by atoms with van der Waals surface area (Å²) in [7, 11) is 0. The molecule has 0 saturated carbocycles. The van der Waals surface area contributed by atoms with Gasteiger partial charge in [-0.05, 0) is 55.0 Å². The van der Waals surface area contributed by atoms with Crippen molar-refractivity contribution in [2.24, 2.45) is 0 Å². The van der Waals surface area contributed by atoms with Gasteiger partial charge in [-0.1, -0.05) is 38.1 Å². The normalized spacial score (nSPS) is 12.9. The topological polar surface area (TPSA) is 45.2 Å². The molecule has 4 nitrogen and oxygen atoms in total. The number of anilines is 2. The van der Waals surface area contributed by atoms with Gasteiger partial charge in [-0.3, -0.25) is 4.79 Å². The van der Waals surface area contributed by atoms with Crippen LogP contribution in [0.4, 0.5) is 11.4 Å². The molecule has 0 radical (unpaired) electrons. The van der Waals surface area contributed by atoms with Gasteiger partial charge in [0.1, 0.15) is 0 Å². The summed E-state index contributed by atoms with van der Waals surface area (Å²) in [6.45, 7) is 7.54. The van der Waals surface area contributed by atoms with Crippen molar-refractivity contribution in [2.45, 2.75) is 40.0 Å². The summed E-state index contributed by atoms with van der Waals surface area (Å²) in [6, 6.07) is 12.8. The van der Waals surface area contributed by atoms with Gasteiger partial charge in [-0.15, -0.1) is 11.3 Å². The number of nitrogens with zero attached hydrogens (tertiary/aromatic N) is 2. The fraction of sp³-hybridized carbons (Fsp3) is 0.333. The predicted molar refractivity (Wildman–Crippen MR) is 122 cm³/mol. The zero-order valence-electron chi connectivity index (χ0n) is 17.3. The van der Waals surface area contributed by atoms with E-state index in [2.05, 4.69) is 70.8 Å². The van der Waals surface area contributed by atoms with Crippen molar-refractivity contribution >= 4 is 28.6 Å². The van der Waals surface area contributed by atoms with E-state index >= 15 is 0 Å². The Morgan fingerprint density at radius 2 is 1.93 bits per heavy atom. The van der Waals surface area contributed by atoms with Crippen molar-refractivity contribution in [3.05, 3.63) is 63.5 Å². The average Bonchev–Trinajstić information content (AvgIpc) is 3.34. The number of carbonyl (C=O) groups is 1. The highest BCUT2D eigenvalue weighted by Gasteiger charge is 2.22. The number of carbonyl (C=O) groups excluding carboxylic acids is 1. The van der Waals surface area contributed by atoms with Gasteiger partial charge in [0.15, 0.2) is 0 Å². The number of hydrogen-bond acceptors (Lipinski definition) is 4. The fourth-order valence-corrected chi connectivity index (χ4v) is 4.67. The number of aromatic nitrogens is 1. The molecule has 0 atom stereocenters. The molecule has 0 unspecified atom stereocenters. The summed E-state index contributed by atoms with van der Waals surface area (Å²) in [6.07, 6.45) is 2.79. The van der Waals surface area contributed by atoms with Crippen LogP contribution in [0.15, 0.2) is 41.8 Å². The van der Waals surface area contributed by atoms with Crippen LogP contribution < -0.4 is 10.2 Å². The van der Waals surface area contributed by atoms with E-state index in [1.807, 2.05) is 6.92 Å². The molecule has 5 heteroatoms. The van der Waals surface area contributed by atoms with E-state index in [0.717, 1.165) is 53.4 Å². The Balaban J connectivity index is 1.49. The molecule has 0 spiro atoms. The van der Waals surface area contributed by atoms with Gasteiger partial charge in [-0.25, -0.2) is 4.98 Å². The van der Waals surface area contributed by atoms with Crippen LogP contribution >= 0.6 is 11.3 Å². The molecule has 4 rings (SSSR count). The van der Waals surface area contributed by atoms with Crippen LogP contribution in [0.2, 0.25) is 0 Å². The Hall–Kier alpha value is -2.66. The van der Waals surface area contributed by atoms with E-state index < -0.39 is 0 Å². The van der Waals surface area contributed by atoms with Crippen LogP contribution in [0.5, 0.6) is 0 Å². The van der Waals surface area contributed by atoms with Gasteiger partial charge in [0.2, 0.25) is 5.91 Å². The van der Waals surface area contributed by atoms with Crippen molar-refractivity contribution < 1.29 is 4.79 Å². The third kappa shape index (κ3) is 4.06. The largest absolute Gasteiger partial charge is 0.362 e. The molecule has 0 fully saturated rings. The molecule has 3 aromatic rings. The second-order valence-electron chi connectivity index (χ2n) is 7.47. The van der Waals surface area contributed by atoms with Gasteiger partial charge in [0.25, 0.3) is 0 Å². The molecular weight excluding hydrogens is 378 g/mol. The molecule has 2 aromatic carbocycles. The molecule has 0 aliphatic carbocycles. The third-order valence-corrected chi connectivity index (χ3v) is 6.36. The van der Waals surface area contributed by atoms with Gasteiger partial charge in [-0.2, -0.15) is 0 Å². The first-order valence-electron chi connectivity index (χ1n) is 10.3. The van der Waals surface area contributed by atoms with E-state index in [-0.39, 0.29) is 5.91 Å². The Morgan fingerprint density at radius 1 is 1.17 bits per heavy atom. The van der Waals surface area contributed by atoms with Crippen molar-refractivity contribution in [3.63, 3.8) is 0 Å². The standard InChI is InChI=1S/C24H27N3OS/c1-4-17-7-6-8-18(5-2)24(17)26-23(28)14-27-12-11-20-13-19(9-10-22(20)27)21-15-29-16(3)25-21/h6-10,13,15H,4-5,11-12,14H2,1-3H3,(H,26,28). The number of amides is 1. The second-order valence-corrected chi connectivity index (χ2v) is 8.54. The second kappa shape index (κ2) is 8.37. The van der Waals surface area contributed by atoms with Crippen molar-refractivity contribution in [2.75, 3.05) is 23.3 Å². The smallest absolute Gasteiger partial charge is 0.243 e. The highest BCUT2D eigenvalue weighted by molar-refractivity contribution is 7.09. The maximum atomic E-state index is 12.8. The summed E-state index contributed by atoms with van der Waals surface area (Å²) < 4.78 is 0. The molecule has 150 valence electrons. The van der Waals surface area contributed by atoms with E-state index in [4.69, 9.17) is 0 Å². The molecule has 1 aliphatic rings. The number of fused-ring (bicyclic) bond motifs is 1. The lowest BCUT2D eigenvalue weighted by molar-refractivity contribution is -0.115. The molecule has 0 saturated heterocycles. The number of thiazole rings is 1. The minimum Gasteiger partial charge on any atom is -0.362 e. The van der Waals surface area contributed by atoms with E-state index in [0.29, 0.717) is 6.54 Å². The lowest BCUT2D eigenvalue weighted by Gasteiger charge is -2.20. The summed E-state index contributed by atoms with van der Waals surface area (Å²) >= 11 is 1.67. The number of rotatable bonds is 6. The Morgan fingerprint density at radius 3 is 2.59 bits per heavy atom. The summed E-state index contributed by atoms with van der Waals surface area (Å²) in [5.74, 6) is 0.0488. The first-order valence-corrected chi connectivity index (χ1v) is 11.2. The number of hydrogen-bond donors (Lipinski definition) is 1. The molecule has 29 heavy (non-hydrogen) atoms. The van der Waals surface area contributed by atoms with Gasteiger partial charge < -0.3 is 10.2 Å². The van der Waals surface area contributed by atoms with Crippen molar-refractivity contribution in [1.29, 1.82) is 0 Å². The monoisotopic (exact) mass is 405 g/mol. The van der Waals surface area contributed by atoms with Crippen LogP contribution in [-0.4, -0.2) is 24.0 Å². The van der Waals surface area contributed by atoms with Crippen LogP contribution in [0.1, 0.15) is 35.5 Å². The van der Waals surface area contributed by atoms with Crippen molar-refractivity contribution in [3.8, 4) is 11.3 Å². The zero-order chi connectivity index (χ0) is 20.4. The van der Waals surface area contributed by atoms with Crippen LogP contribution in [0, 0.1) is 6.92 Å². The minimum atomic E-state index is 0.0488. The first kappa shape index (κ1) is 19.6. The summed E-state index contributed by atoms with van der Waals surface area (Å²) in [4.78, 5) is 19.6. The number of nitrogens with one attached hydrogen (secondary N) is 1. The maximum Gasteiger partial charge on any atom is 0.243 e. The highest BCUT2D eigenvalue weighted by Crippen LogP contribution is 2.32. The number of para-hydroxylation sites is 1. The number of benzene rings is 2. The minimum absolute atomic E-state index is 0.0488.